The first kappa shape index (κ1) is 23.9. The minimum atomic E-state index is -0.526. The Morgan fingerprint density at radius 3 is 2.55 bits per heavy atom. The molecule has 0 aliphatic rings. The molecule has 3 rings (SSSR count). The minimum Gasteiger partial charge on any atom is -0.484 e. The number of hydrogen-bond donors (Lipinski definition) is 1. The highest BCUT2D eigenvalue weighted by atomic mass is 79.9. The molecule has 0 aliphatic carbocycles. The molecule has 0 unspecified atom stereocenters. The number of halogens is 1. The first-order chi connectivity index (χ1) is 15.9. The Bertz CT molecular complexity index is 1190. The van der Waals surface area contributed by atoms with Crippen LogP contribution in [0.2, 0.25) is 0 Å². The fourth-order valence-corrected chi connectivity index (χ4v) is 3.12. The lowest BCUT2D eigenvalue weighted by Crippen LogP contribution is -2.24. The average Bonchev–Trinajstić information content (AvgIpc) is 2.81. The molecule has 0 spiro atoms. The SMILES string of the molecule is Cc1ccc(OCC(=O)N/N=C/c2cc(Br)ccc2OC(=O)/C=C/c2ccccc2)cc1C. The Kier molecular flexibility index (Phi) is 8.55. The van der Waals surface area contributed by atoms with Crippen LogP contribution >= 0.6 is 15.9 Å². The molecule has 3 aromatic rings. The van der Waals surface area contributed by atoms with Crippen LogP contribution in [0, 0.1) is 13.8 Å². The number of hydrazone groups is 1. The van der Waals surface area contributed by atoms with Crippen LogP contribution < -0.4 is 14.9 Å². The fraction of sp³-hybridized carbons (Fsp3) is 0.115. The third-order valence-electron chi connectivity index (χ3n) is 4.64. The summed E-state index contributed by atoms with van der Waals surface area (Å²) in [7, 11) is 0. The van der Waals surface area contributed by atoms with Crippen LogP contribution in [0.15, 0.2) is 82.4 Å². The highest BCUT2D eigenvalue weighted by Gasteiger charge is 2.08. The van der Waals surface area contributed by atoms with Crippen molar-refractivity contribution < 1.29 is 19.1 Å². The molecule has 0 radical (unpaired) electrons. The zero-order valence-electron chi connectivity index (χ0n) is 18.2. The van der Waals surface area contributed by atoms with Crippen molar-refractivity contribution in [2.45, 2.75) is 13.8 Å². The Morgan fingerprint density at radius 2 is 1.79 bits per heavy atom. The van der Waals surface area contributed by atoms with Gasteiger partial charge in [0.1, 0.15) is 11.5 Å². The molecule has 0 fully saturated rings. The molecule has 7 heteroatoms. The van der Waals surface area contributed by atoms with Gasteiger partial charge in [0.25, 0.3) is 5.91 Å². The summed E-state index contributed by atoms with van der Waals surface area (Å²) in [6.45, 7) is 3.81. The quantitative estimate of drug-likeness (QED) is 0.149. The second-order valence-electron chi connectivity index (χ2n) is 7.18. The van der Waals surface area contributed by atoms with Crippen molar-refractivity contribution in [3.8, 4) is 11.5 Å². The number of amides is 1. The van der Waals surface area contributed by atoms with Crippen LogP contribution in [0.1, 0.15) is 22.3 Å². The van der Waals surface area contributed by atoms with E-state index in [2.05, 4.69) is 26.5 Å². The van der Waals surface area contributed by atoms with Crippen LogP contribution in [0.3, 0.4) is 0 Å². The number of aryl methyl sites for hydroxylation is 2. The Balaban J connectivity index is 1.57. The lowest BCUT2D eigenvalue weighted by Gasteiger charge is -2.08. The summed E-state index contributed by atoms with van der Waals surface area (Å²) in [4.78, 5) is 24.3. The summed E-state index contributed by atoms with van der Waals surface area (Å²) in [5.74, 6) is -0.0160. The number of carbonyl (C=O) groups is 2. The average molecular weight is 507 g/mol. The van der Waals surface area contributed by atoms with Crippen LogP contribution in [-0.4, -0.2) is 24.7 Å². The summed E-state index contributed by atoms with van der Waals surface area (Å²) < 4.78 is 11.7. The van der Waals surface area contributed by atoms with E-state index in [9.17, 15) is 9.59 Å². The summed E-state index contributed by atoms with van der Waals surface area (Å²) in [6, 6.07) is 20.2. The van der Waals surface area contributed by atoms with Gasteiger partial charge in [-0.1, -0.05) is 52.3 Å². The van der Waals surface area contributed by atoms with Crippen molar-refractivity contribution in [2.75, 3.05) is 6.61 Å². The normalized spacial score (nSPS) is 11.0. The van der Waals surface area contributed by atoms with Gasteiger partial charge in [0, 0.05) is 16.1 Å². The van der Waals surface area contributed by atoms with Gasteiger partial charge in [-0.2, -0.15) is 5.10 Å². The highest BCUT2D eigenvalue weighted by Crippen LogP contribution is 2.22. The summed E-state index contributed by atoms with van der Waals surface area (Å²) >= 11 is 3.38. The Morgan fingerprint density at radius 1 is 1.00 bits per heavy atom. The van der Waals surface area contributed by atoms with Crippen molar-refractivity contribution in [1.82, 2.24) is 5.43 Å². The molecule has 0 atom stereocenters. The molecule has 3 aromatic carbocycles. The van der Waals surface area contributed by atoms with Crippen LogP contribution in [0.4, 0.5) is 0 Å². The summed E-state index contributed by atoms with van der Waals surface area (Å²) in [5.41, 5.74) is 6.05. The van der Waals surface area contributed by atoms with Crippen molar-refractivity contribution in [2.24, 2.45) is 5.10 Å². The van der Waals surface area contributed by atoms with Gasteiger partial charge in [-0.15, -0.1) is 0 Å². The monoisotopic (exact) mass is 506 g/mol. The molecular formula is C26H23BrN2O4. The number of ether oxygens (including phenoxy) is 2. The molecule has 168 valence electrons. The first-order valence-corrected chi connectivity index (χ1v) is 11.0. The predicted molar refractivity (Wildman–Crippen MR) is 132 cm³/mol. The maximum absolute atomic E-state index is 12.2. The standard InChI is InChI=1S/C26H23BrN2O4/c1-18-8-11-23(14-19(18)2)32-17-25(30)29-28-16-21-15-22(27)10-12-24(21)33-26(31)13-9-20-6-4-3-5-7-20/h3-16H,17H2,1-2H3,(H,29,30)/b13-9+,28-16+. The van der Waals surface area contributed by atoms with E-state index in [-0.39, 0.29) is 6.61 Å². The van der Waals surface area contributed by atoms with Gasteiger partial charge < -0.3 is 9.47 Å². The number of rotatable bonds is 8. The molecule has 0 bridgehead atoms. The molecule has 0 aromatic heterocycles. The third-order valence-corrected chi connectivity index (χ3v) is 5.13. The largest absolute Gasteiger partial charge is 0.484 e. The van der Waals surface area contributed by atoms with Crippen LogP contribution in [-0.2, 0) is 9.59 Å². The van der Waals surface area contributed by atoms with Gasteiger partial charge in [-0.25, -0.2) is 10.2 Å². The predicted octanol–water partition coefficient (Wildman–Crippen LogP) is 5.21. The molecule has 1 N–H and O–H groups in total. The number of hydrogen-bond acceptors (Lipinski definition) is 5. The van der Waals surface area contributed by atoms with Crippen molar-refractivity contribution in [3.05, 3.63) is 99.5 Å². The number of esters is 1. The van der Waals surface area contributed by atoms with Crippen molar-refractivity contribution in [1.29, 1.82) is 0 Å². The smallest absolute Gasteiger partial charge is 0.336 e. The highest BCUT2D eigenvalue weighted by molar-refractivity contribution is 9.10. The van der Waals surface area contributed by atoms with Crippen LogP contribution in [0.25, 0.3) is 6.08 Å². The fourth-order valence-electron chi connectivity index (χ4n) is 2.74. The first-order valence-electron chi connectivity index (χ1n) is 10.2. The minimum absolute atomic E-state index is 0.176. The van der Waals surface area contributed by atoms with E-state index in [0.717, 1.165) is 21.2 Å². The van der Waals surface area contributed by atoms with E-state index in [1.165, 1.54) is 12.3 Å². The van der Waals surface area contributed by atoms with Gasteiger partial charge in [0.2, 0.25) is 0 Å². The van der Waals surface area contributed by atoms with Crippen LogP contribution in [0.5, 0.6) is 11.5 Å². The van der Waals surface area contributed by atoms with Crippen molar-refractivity contribution in [3.63, 3.8) is 0 Å². The second kappa shape index (κ2) is 11.8. The van der Waals surface area contributed by atoms with Gasteiger partial charge in [-0.3, -0.25) is 4.79 Å². The van der Waals surface area contributed by atoms with Gasteiger partial charge in [0.15, 0.2) is 6.61 Å². The number of carbonyl (C=O) groups excluding carboxylic acids is 2. The molecule has 33 heavy (non-hydrogen) atoms. The van der Waals surface area contributed by atoms with E-state index >= 15 is 0 Å². The van der Waals surface area contributed by atoms with E-state index < -0.39 is 11.9 Å². The van der Waals surface area contributed by atoms with E-state index in [0.29, 0.717) is 17.1 Å². The maximum Gasteiger partial charge on any atom is 0.336 e. The van der Waals surface area contributed by atoms with E-state index in [4.69, 9.17) is 9.47 Å². The summed E-state index contributed by atoms with van der Waals surface area (Å²) in [5, 5.41) is 3.95. The molecule has 0 aliphatic heterocycles. The zero-order valence-corrected chi connectivity index (χ0v) is 19.8. The van der Waals surface area contributed by atoms with Gasteiger partial charge in [0.05, 0.1) is 6.21 Å². The third kappa shape index (κ3) is 7.73. The van der Waals surface area contributed by atoms with E-state index in [1.807, 2.05) is 62.4 Å². The Hall–Kier alpha value is -3.71. The molecule has 0 saturated heterocycles. The molecule has 0 heterocycles. The second-order valence-corrected chi connectivity index (χ2v) is 8.09. The van der Waals surface area contributed by atoms with Crippen molar-refractivity contribution >= 4 is 40.1 Å². The number of nitrogens with zero attached hydrogens (tertiary/aromatic N) is 1. The molecule has 6 nitrogen and oxygen atoms in total. The number of benzene rings is 3. The molecule has 1 amide bonds. The number of nitrogens with one attached hydrogen (secondary N) is 1. The lowest BCUT2D eigenvalue weighted by atomic mass is 10.1. The topological polar surface area (TPSA) is 77.0 Å². The van der Waals surface area contributed by atoms with E-state index in [1.54, 1.807) is 24.3 Å². The maximum atomic E-state index is 12.2. The summed E-state index contributed by atoms with van der Waals surface area (Å²) in [6.07, 6.45) is 4.43. The van der Waals surface area contributed by atoms with Gasteiger partial charge in [-0.05, 0) is 66.9 Å². The molecule has 0 saturated carbocycles. The lowest BCUT2D eigenvalue weighted by molar-refractivity contribution is -0.129. The zero-order chi connectivity index (χ0) is 23.6. The molecular weight excluding hydrogens is 484 g/mol. The van der Waals surface area contributed by atoms with Gasteiger partial charge >= 0.3 is 5.97 Å². The Labute approximate surface area is 201 Å².